The lowest BCUT2D eigenvalue weighted by Gasteiger charge is -2.16. The Morgan fingerprint density at radius 2 is 1.71 bits per heavy atom. The summed E-state index contributed by atoms with van der Waals surface area (Å²) in [5.41, 5.74) is -0.445. The zero-order valence-corrected chi connectivity index (χ0v) is 22.6. The van der Waals surface area contributed by atoms with Crippen molar-refractivity contribution in [2.45, 2.75) is 24.3 Å². The monoisotopic (exact) mass is 596 g/mol. The molecule has 4 aromatic rings. The van der Waals surface area contributed by atoms with Crippen molar-refractivity contribution in [3.05, 3.63) is 102 Å². The second-order valence-electron chi connectivity index (χ2n) is 8.17. The first kappa shape index (κ1) is 27.7. The van der Waals surface area contributed by atoms with Gasteiger partial charge in [0.25, 0.3) is 5.56 Å². The molecule has 1 atom stereocenters. The third-order valence-electron chi connectivity index (χ3n) is 5.19. The number of H-pyrrole nitrogens is 1. The van der Waals surface area contributed by atoms with Crippen LogP contribution in [0.25, 0.3) is 5.69 Å². The molecule has 1 aromatic heterocycles. The number of aromatic hydroxyl groups is 1. The summed E-state index contributed by atoms with van der Waals surface area (Å²) in [6.07, 6.45) is 1.30. The minimum atomic E-state index is -4.15. The molecule has 0 spiro atoms. The fourth-order valence-corrected chi connectivity index (χ4v) is 5.57. The average Bonchev–Trinajstić information content (AvgIpc) is 2.83. The molecule has 0 amide bonds. The lowest BCUT2D eigenvalue weighted by Crippen LogP contribution is -2.34. The molecule has 0 saturated heterocycles. The molecule has 198 valence electrons. The van der Waals surface area contributed by atoms with Crippen molar-refractivity contribution < 1.29 is 18.3 Å². The number of rotatable bonds is 8. The van der Waals surface area contributed by atoms with Gasteiger partial charge in [0.15, 0.2) is 5.75 Å². The number of hydrogen-bond acceptors (Lipinski definition) is 7. The highest BCUT2D eigenvalue weighted by atomic mass is 35.5. The maximum Gasteiger partial charge on any atom is 0.349 e. The van der Waals surface area contributed by atoms with Crippen molar-refractivity contribution in [1.29, 1.82) is 0 Å². The van der Waals surface area contributed by atoms with Crippen molar-refractivity contribution in [2.24, 2.45) is 0 Å². The molecule has 0 bridgehead atoms. The van der Waals surface area contributed by atoms with Gasteiger partial charge in [-0.15, -0.1) is 0 Å². The summed E-state index contributed by atoms with van der Waals surface area (Å²) in [5.74, 6) is -0.503. The van der Waals surface area contributed by atoms with Gasteiger partial charge in [0.05, 0.1) is 15.7 Å². The third kappa shape index (κ3) is 6.37. The first-order chi connectivity index (χ1) is 17.9. The van der Waals surface area contributed by atoms with Gasteiger partial charge in [-0.3, -0.25) is 9.78 Å². The normalized spacial score (nSPS) is 12.3. The summed E-state index contributed by atoms with van der Waals surface area (Å²) in [6.45, 7) is 1.69. The van der Waals surface area contributed by atoms with Crippen molar-refractivity contribution >= 4 is 44.8 Å². The minimum absolute atomic E-state index is 0.0180. The van der Waals surface area contributed by atoms with Gasteiger partial charge in [0, 0.05) is 17.1 Å². The molecule has 0 aliphatic heterocycles. The highest BCUT2D eigenvalue weighted by molar-refractivity contribution is 7.89. The maximum atomic E-state index is 13.0. The van der Waals surface area contributed by atoms with Crippen molar-refractivity contribution in [2.75, 3.05) is 0 Å². The SMILES string of the molecule is CC(Cc1ccc(Cl)cc1)NS(=O)(=O)c1cc(Oc2c(Cl)cc(-n3ncc(=O)[nH]c3=O)cc2Cl)ccc1O. The number of ether oxygens (including phenoxy) is 1. The smallest absolute Gasteiger partial charge is 0.349 e. The van der Waals surface area contributed by atoms with Crippen LogP contribution >= 0.6 is 34.8 Å². The van der Waals surface area contributed by atoms with Gasteiger partial charge in [-0.1, -0.05) is 46.9 Å². The predicted octanol–water partition coefficient (Wildman–Crippen LogP) is 4.29. The van der Waals surface area contributed by atoms with E-state index in [1.54, 1.807) is 31.2 Å². The molecule has 0 radical (unpaired) electrons. The Labute approximate surface area is 231 Å². The Kier molecular flexibility index (Phi) is 8.14. The Balaban J connectivity index is 1.57. The van der Waals surface area contributed by atoms with Crippen LogP contribution in [0.1, 0.15) is 12.5 Å². The van der Waals surface area contributed by atoms with Crippen molar-refractivity contribution in [3.8, 4) is 22.9 Å². The van der Waals surface area contributed by atoms with E-state index in [4.69, 9.17) is 39.5 Å². The largest absolute Gasteiger partial charge is 0.507 e. The molecule has 3 N–H and O–H groups in total. The standard InChI is InChI=1S/C24H19Cl3N4O6S/c1-13(8-14-2-4-15(25)5-3-14)30-38(35,36)21-11-17(6-7-20(21)32)37-23-18(26)9-16(10-19(23)27)31-24(34)29-22(33)12-28-31/h2-7,9-13,30,32H,8H2,1H3,(H,29,33,34). The number of sulfonamides is 1. The lowest BCUT2D eigenvalue weighted by atomic mass is 10.1. The van der Waals surface area contributed by atoms with Gasteiger partial charge < -0.3 is 9.84 Å². The first-order valence-electron chi connectivity index (χ1n) is 10.9. The summed E-state index contributed by atoms with van der Waals surface area (Å²) in [7, 11) is -4.15. The number of phenols is 1. The van der Waals surface area contributed by atoms with Crippen LogP contribution in [-0.4, -0.2) is 34.3 Å². The number of nitrogens with zero attached hydrogens (tertiary/aromatic N) is 2. The molecule has 0 aliphatic rings. The molecule has 1 heterocycles. The van der Waals surface area contributed by atoms with E-state index in [0.717, 1.165) is 28.6 Å². The lowest BCUT2D eigenvalue weighted by molar-refractivity contribution is 0.447. The number of hydrogen-bond donors (Lipinski definition) is 3. The fourth-order valence-electron chi connectivity index (χ4n) is 3.54. The van der Waals surface area contributed by atoms with Crippen LogP contribution in [0.5, 0.6) is 17.2 Å². The summed E-state index contributed by atoms with van der Waals surface area (Å²) in [4.78, 5) is 25.0. The zero-order chi connectivity index (χ0) is 27.6. The van der Waals surface area contributed by atoms with Gasteiger partial charge in [0.1, 0.15) is 22.6 Å². The molecule has 3 aromatic carbocycles. The Morgan fingerprint density at radius 1 is 1.05 bits per heavy atom. The van der Waals surface area contributed by atoms with E-state index in [-0.39, 0.29) is 27.2 Å². The van der Waals surface area contributed by atoms with Gasteiger partial charge in [-0.2, -0.15) is 9.78 Å². The van der Waals surface area contributed by atoms with E-state index < -0.39 is 38.0 Å². The fraction of sp³-hybridized carbons (Fsp3) is 0.125. The molecule has 4 rings (SSSR count). The molecular weight excluding hydrogens is 579 g/mol. The van der Waals surface area contributed by atoms with Gasteiger partial charge in [-0.05, 0) is 55.3 Å². The number of phenolic OH excluding ortho intramolecular Hbond substituents is 1. The second-order valence-corrected chi connectivity index (χ2v) is 11.1. The summed E-state index contributed by atoms with van der Waals surface area (Å²) in [5, 5.41) is 14.5. The number of aromatic amines is 1. The van der Waals surface area contributed by atoms with Crippen LogP contribution in [0, 0.1) is 0 Å². The van der Waals surface area contributed by atoms with E-state index in [1.807, 2.05) is 0 Å². The molecule has 38 heavy (non-hydrogen) atoms. The van der Waals surface area contributed by atoms with E-state index in [9.17, 15) is 23.1 Å². The Morgan fingerprint density at radius 3 is 2.34 bits per heavy atom. The topological polar surface area (TPSA) is 143 Å². The minimum Gasteiger partial charge on any atom is -0.507 e. The molecular formula is C24H19Cl3N4O6S. The van der Waals surface area contributed by atoms with E-state index >= 15 is 0 Å². The first-order valence-corrected chi connectivity index (χ1v) is 13.5. The van der Waals surface area contributed by atoms with Crippen LogP contribution in [0.4, 0.5) is 0 Å². The van der Waals surface area contributed by atoms with Crippen LogP contribution in [0.15, 0.2) is 75.3 Å². The number of benzene rings is 3. The predicted molar refractivity (Wildman–Crippen MR) is 144 cm³/mol. The Bertz CT molecular complexity index is 1700. The average molecular weight is 598 g/mol. The van der Waals surface area contributed by atoms with Gasteiger partial charge >= 0.3 is 5.69 Å². The van der Waals surface area contributed by atoms with Crippen LogP contribution in [0.2, 0.25) is 15.1 Å². The number of aromatic nitrogens is 3. The summed E-state index contributed by atoms with van der Waals surface area (Å²) in [6, 6.07) is 12.8. The molecule has 1 unspecified atom stereocenters. The summed E-state index contributed by atoms with van der Waals surface area (Å²) >= 11 is 18.5. The van der Waals surface area contributed by atoms with E-state index in [1.165, 1.54) is 18.2 Å². The van der Waals surface area contributed by atoms with Crippen LogP contribution < -0.4 is 20.7 Å². The molecule has 0 aliphatic carbocycles. The maximum absolute atomic E-state index is 13.0. The number of halogens is 3. The molecule has 14 heteroatoms. The second kappa shape index (κ2) is 11.2. The van der Waals surface area contributed by atoms with Gasteiger partial charge in [0.2, 0.25) is 10.0 Å². The van der Waals surface area contributed by atoms with Crippen LogP contribution in [-0.2, 0) is 16.4 Å². The third-order valence-corrected chi connectivity index (χ3v) is 7.62. The zero-order valence-electron chi connectivity index (χ0n) is 19.5. The van der Waals surface area contributed by atoms with E-state index in [0.29, 0.717) is 11.4 Å². The molecule has 10 nitrogen and oxygen atoms in total. The number of nitrogens with one attached hydrogen (secondary N) is 2. The van der Waals surface area contributed by atoms with Gasteiger partial charge in [-0.25, -0.2) is 17.9 Å². The highest BCUT2D eigenvalue weighted by Crippen LogP contribution is 2.39. The molecule has 0 saturated carbocycles. The van der Waals surface area contributed by atoms with E-state index in [2.05, 4.69) is 14.8 Å². The summed E-state index contributed by atoms with van der Waals surface area (Å²) < 4.78 is 35.2. The van der Waals surface area contributed by atoms with Crippen molar-refractivity contribution in [1.82, 2.24) is 19.5 Å². The highest BCUT2D eigenvalue weighted by Gasteiger charge is 2.23. The quantitative estimate of drug-likeness (QED) is 0.275. The van der Waals surface area contributed by atoms with Crippen molar-refractivity contribution in [3.63, 3.8) is 0 Å². The van der Waals surface area contributed by atoms with Crippen LogP contribution in [0.3, 0.4) is 0 Å². The Hall–Kier alpha value is -3.35. The molecule has 0 fully saturated rings.